The van der Waals surface area contributed by atoms with E-state index in [1.807, 2.05) is 30.0 Å². The lowest BCUT2D eigenvalue weighted by molar-refractivity contribution is 0.0761. The van der Waals surface area contributed by atoms with E-state index in [4.69, 9.17) is 0 Å². The first-order valence-corrected chi connectivity index (χ1v) is 9.20. The van der Waals surface area contributed by atoms with Crippen LogP contribution in [0.1, 0.15) is 41.6 Å². The van der Waals surface area contributed by atoms with Crippen molar-refractivity contribution in [3.63, 3.8) is 0 Å². The zero-order valence-electron chi connectivity index (χ0n) is 13.9. The highest BCUT2D eigenvalue weighted by Gasteiger charge is 2.18. The Bertz CT molecular complexity index is 724. The number of benzene rings is 1. The maximum atomic E-state index is 12.7. The molecule has 0 radical (unpaired) electrons. The Morgan fingerprint density at radius 1 is 1.12 bits per heavy atom. The second kappa shape index (κ2) is 7.79. The first-order valence-electron chi connectivity index (χ1n) is 8.41. The molecule has 1 N–H and O–H groups in total. The molecular formula is C19H22BrN3O. The smallest absolute Gasteiger partial charge is 0.255 e. The number of carbonyl (C=O) groups is 1. The summed E-state index contributed by atoms with van der Waals surface area (Å²) >= 11 is 3.47. The summed E-state index contributed by atoms with van der Waals surface area (Å²) in [6, 6.07) is 7.96. The van der Waals surface area contributed by atoms with Crippen LogP contribution in [0.5, 0.6) is 0 Å². The molecule has 2 heterocycles. The summed E-state index contributed by atoms with van der Waals surface area (Å²) in [5.74, 6) is 0.0839. The number of carbonyl (C=O) groups excluding carboxylic acids is 1. The Kier molecular flexibility index (Phi) is 5.51. The van der Waals surface area contributed by atoms with Gasteiger partial charge >= 0.3 is 0 Å². The van der Waals surface area contributed by atoms with Crippen molar-refractivity contribution in [3.05, 3.63) is 52.3 Å². The van der Waals surface area contributed by atoms with Gasteiger partial charge in [0.05, 0.1) is 17.4 Å². The van der Waals surface area contributed by atoms with Gasteiger partial charge in [-0.05, 0) is 49.6 Å². The zero-order valence-corrected chi connectivity index (χ0v) is 15.5. The molecule has 4 nitrogen and oxygen atoms in total. The molecule has 126 valence electrons. The fraction of sp³-hybridized carbons (Fsp3) is 0.368. The normalized spacial score (nSPS) is 15.0. The van der Waals surface area contributed by atoms with Crippen molar-refractivity contribution in [2.24, 2.45) is 0 Å². The summed E-state index contributed by atoms with van der Waals surface area (Å²) in [5.41, 5.74) is 3.63. The van der Waals surface area contributed by atoms with E-state index in [1.165, 1.54) is 12.8 Å². The van der Waals surface area contributed by atoms with E-state index in [1.54, 1.807) is 12.4 Å². The first kappa shape index (κ1) is 17.0. The minimum Gasteiger partial charge on any atom is -0.354 e. The van der Waals surface area contributed by atoms with E-state index in [2.05, 4.69) is 32.3 Å². The molecule has 3 rings (SSSR count). The fourth-order valence-electron chi connectivity index (χ4n) is 3.00. The van der Waals surface area contributed by atoms with Crippen LogP contribution in [0.3, 0.4) is 0 Å². The van der Waals surface area contributed by atoms with Gasteiger partial charge in [0.2, 0.25) is 0 Å². The second-order valence-corrected chi connectivity index (χ2v) is 7.17. The third-order valence-electron chi connectivity index (χ3n) is 4.35. The minimum absolute atomic E-state index is 0.0839. The predicted molar refractivity (Wildman–Crippen MR) is 101 cm³/mol. The number of nitrogens with zero attached hydrogens (tertiary/aromatic N) is 2. The summed E-state index contributed by atoms with van der Waals surface area (Å²) in [6.07, 6.45) is 8.02. The molecule has 0 saturated carbocycles. The molecule has 1 fully saturated rings. The van der Waals surface area contributed by atoms with Gasteiger partial charge < -0.3 is 10.2 Å². The maximum absolute atomic E-state index is 12.7. The number of pyridine rings is 1. The molecule has 0 atom stereocenters. The van der Waals surface area contributed by atoms with Crippen LogP contribution in [0.2, 0.25) is 0 Å². The third-order valence-corrected chi connectivity index (χ3v) is 4.84. The molecule has 1 aromatic heterocycles. The largest absolute Gasteiger partial charge is 0.354 e. The van der Waals surface area contributed by atoms with Gasteiger partial charge in [-0.25, -0.2) is 0 Å². The van der Waals surface area contributed by atoms with Crippen LogP contribution < -0.4 is 5.32 Å². The molecule has 0 bridgehead atoms. The number of aryl methyl sites for hydroxylation is 1. The molecule has 0 spiro atoms. The van der Waals surface area contributed by atoms with Crippen molar-refractivity contribution in [1.29, 1.82) is 0 Å². The van der Waals surface area contributed by atoms with Crippen molar-refractivity contribution in [1.82, 2.24) is 9.88 Å². The molecule has 1 amide bonds. The topological polar surface area (TPSA) is 45.2 Å². The highest BCUT2D eigenvalue weighted by atomic mass is 79.9. The lowest BCUT2D eigenvalue weighted by Gasteiger charge is -2.20. The third kappa shape index (κ3) is 4.15. The standard InChI is InChI=1S/C19H22BrN3O/c1-14-10-16(20)6-7-18(14)22-17-11-15(12-21-13-17)19(24)23-8-4-2-3-5-9-23/h6-7,10-13,22H,2-5,8-9H2,1H3. The van der Waals surface area contributed by atoms with Crippen LogP contribution in [0.25, 0.3) is 0 Å². The summed E-state index contributed by atoms with van der Waals surface area (Å²) in [6.45, 7) is 3.75. The van der Waals surface area contributed by atoms with Crippen molar-refractivity contribution in [3.8, 4) is 0 Å². The number of aromatic nitrogens is 1. The Labute approximate surface area is 151 Å². The van der Waals surface area contributed by atoms with E-state index >= 15 is 0 Å². The van der Waals surface area contributed by atoms with Crippen molar-refractivity contribution < 1.29 is 4.79 Å². The number of hydrogen-bond acceptors (Lipinski definition) is 3. The summed E-state index contributed by atoms with van der Waals surface area (Å²) in [5, 5.41) is 3.36. The van der Waals surface area contributed by atoms with E-state index in [9.17, 15) is 4.79 Å². The molecule has 24 heavy (non-hydrogen) atoms. The Hall–Kier alpha value is -1.88. The lowest BCUT2D eigenvalue weighted by atomic mass is 10.2. The van der Waals surface area contributed by atoms with Crippen LogP contribution in [-0.2, 0) is 0 Å². The molecule has 0 aliphatic carbocycles. The predicted octanol–water partition coefficient (Wildman–Crippen LogP) is 4.91. The number of nitrogens with one attached hydrogen (secondary N) is 1. The lowest BCUT2D eigenvalue weighted by Crippen LogP contribution is -2.31. The van der Waals surface area contributed by atoms with E-state index < -0.39 is 0 Å². The van der Waals surface area contributed by atoms with E-state index in [-0.39, 0.29) is 5.91 Å². The molecule has 1 saturated heterocycles. The van der Waals surface area contributed by atoms with Gasteiger partial charge in [-0.2, -0.15) is 0 Å². The average Bonchev–Trinajstić information content (AvgIpc) is 2.86. The number of anilines is 2. The molecule has 0 unspecified atom stereocenters. The quantitative estimate of drug-likeness (QED) is 0.813. The average molecular weight is 388 g/mol. The summed E-state index contributed by atoms with van der Waals surface area (Å²) < 4.78 is 1.05. The number of likely N-dealkylation sites (tertiary alicyclic amines) is 1. The van der Waals surface area contributed by atoms with Gasteiger partial charge in [0.1, 0.15) is 0 Å². The van der Waals surface area contributed by atoms with Crippen LogP contribution in [0.4, 0.5) is 11.4 Å². The van der Waals surface area contributed by atoms with Crippen LogP contribution in [-0.4, -0.2) is 28.9 Å². The Balaban J connectivity index is 1.77. The van der Waals surface area contributed by atoms with Gasteiger partial charge in [0.15, 0.2) is 0 Å². The monoisotopic (exact) mass is 387 g/mol. The van der Waals surface area contributed by atoms with E-state index in [0.717, 1.165) is 47.3 Å². The number of rotatable bonds is 3. The zero-order chi connectivity index (χ0) is 16.9. The fourth-order valence-corrected chi connectivity index (χ4v) is 3.48. The molecule has 2 aromatic rings. The van der Waals surface area contributed by atoms with E-state index in [0.29, 0.717) is 5.56 Å². The number of halogens is 1. The molecule has 1 aliphatic heterocycles. The minimum atomic E-state index is 0.0839. The molecule has 1 aromatic carbocycles. The van der Waals surface area contributed by atoms with Crippen LogP contribution >= 0.6 is 15.9 Å². The van der Waals surface area contributed by atoms with Gasteiger partial charge in [0, 0.05) is 29.4 Å². The number of amides is 1. The highest BCUT2D eigenvalue weighted by molar-refractivity contribution is 9.10. The van der Waals surface area contributed by atoms with Gasteiger partial charge in [-0.1, -0.05) is 28.8 Å². The highest BCUT2D eigenvalue weighted by Crippen LogP contribution is 2.24. The van der Waals surface area contributed by atoms with Crippen LogP contribution in [0.15, 0.2) is 41.1 Å². The molecular weight excluding hydrogens is 366 g/mol. The van der Waals surface area contributed by atoms with Gasteiger partial charge in [0.25, 0.3) is 5.91 Å². The SMILES string of the molecule is Cc1cc(Br)ccc1Nc1cncc(C(=O)N2CCCCCC2)c1. The van der Waals surface area contributed by atoms with Crippen molar-refractivity contribution in [2.45, 2.75) is 32.6 Å². The van der Waals surface area contributed by atoms with Gasteiger partial charge in [-0.3, -0.25) is 9.78 Å². The maximum Gasteiger partial charge on any atom is 0.255 e. The number of hydrogen-bond donors (Lipinski definition) is 1. The van der Waals surface area contributed by atoms with Crippen molar-refractivity contribution >= 4 is 33.2 Å². The Morgan fingerprint density at radius 3 is 2.58 bits per heavy atom. The Morgan fingerprint density at radius 2 is 1.88 bits per heavy atom. The second-order valence-electron chi connectivity index (χ2n) is 6.25. The van der Waals surface area contributed by atoms with Gasteiger partial charge in [-0.15, -0.1) is 0 Å². The summed E-state index contributed by atoms with van der Waals surface area (Å²) in [4.78, 5) is 18.9. The molecule has 1 aliphatic rings. The van der Waals surface area contributed by atoms with Crippen LogP contribution in [0, 0.1) is 6.92 Å². The molecule has 5 heteroatoms. The summed E-state index contributed by atoms with van der Waals surface area (Å²) in [7, 11) is 0. The first-order chi connectivity index (χ1) is 11.6. The van der Waals surface area contributed by atoms with Crippen molar-refractivity contribution in [2.75, 3.05) is 18.4 Å².